The van der Waals surface area contributed by atoms with E-state index in [2.05, 4.69) is 34.3 Å². The third-order valence-electron chi connectivity index (χ3n) is 2.03. The van der Waals surface area contributed by atoms with Crippen molar-refractivity contribution in [2.45, 2.75) is 20.8 Å². The van der Waals surface area contributed by atoms with Crippen LogP contribution in [0.4, 0.5) is 5.82 Å². The number of aromatic nitrogens is 2. The SMILES string of the molecule is CC.CNc1ncnc2ccc(C)cc12. The molecule has 3 nitrogen and oxygen atoms in total. The molecular formula is C12H17N3. The lowest BCUT2D eigenvalue weighted by Gasteiger charge is -2.03. The number of aryl methyl sites for hydroxylation is 1. The second-order valence-corrected chi connectivity index (χ2v) is 2.99. The van der Waals surface area contributed by atoms with Crippen LogP contribution < -0.4 is 5.32 Å². The normalized spacial score (nSPS) is 9.33. The summed E-state index contributed by atoms with van der Waals surface area (Å²) >= 11 is 0. The number of nitrogens with one attached hydrogen (secondary N) is 1. The summed E-state index contributed by atoms with van der Waals surface area (Å²) < 4.78 is 0. The second-order valence-electron chi connectivity index (χ2n) is 2.99. The van der Waals surface area contributed by atoms with Gasteiger partial charge in [-0.2, -0.15) is 0 Å². The van der Waals surface area contributed by atoms with Crippen molar-refractivity contribution in [2.24, 2.45) is 0 Å². The maximum Gasteiger partial charge on any atom is 0.137 e. The van der Waals surface area contributed by atoms with E-state index in [1.54, 1.807) is 6.33 Å². The molecule has 0 saturated heterocycles. The molecule has 0 aliphatic rings. The summed E-state index contributed by atoms with van der Waals surface area (Å²) in [6.45, 7) is 6.06. The smallest absolute Gasteiger partial charge is 0.137 e. The predicted octanol–water partition coefficient (Wildman–Crippen LogP) is 3.01. The van der Waals surface area contributed by atoms with Crippen LogP contribution in [-0.4, -0.2) is 17.0 Å². The molecule has 15 heavy (non-hydrogen) atoms. The van der Waals surface area contributed by atoms with Crippen LogP contribution in [0.1, 0.15) is 19.4 Å². The summed E-state index contributed by atoms with van der Waals surface area (Å²) in [5.74, 6) is 0.883. The molecule has 3 heteroatoms. The third-order valence-corrected chi connectivity index (χ3v) is 2.03. The molecule has 1 aromatic heterocycles. The molecule has 0 unspecified atom stereocenters. The highest BCUT2D eigenvalue weighted by Gasteiger charge is 2.00. The summed E-state index contributed by atoms with van der Waals surface area (Å²) in [4.78, 5) is 8.32. The highest BCUT2D eigenvalue weighted by Crippen LogP contribution is 2.19. The molecular weight excluding hydrogens is 186 g/mol. The first-order chi connectivity index (χ1) is 7.31. The van der Waals surface area contributed by atoms with Crippen LogP contribution in [0.15, 0.2) is 24.5 Å². The van der Waals surface area contributed by atoms with Gasteiger partial charge in [0.1, 0.15) is 12.1 Å². The lowest BCUT2D eigenvalue weighted by atomic mass is 10.1. The summed E-state index contributed by atoms with van der Waals surface area (Å²) in [6, 6.07) is 6.14. The van der Waals surface area contributed by atoms with Gasteiger partial charge in [-0.25, -0.2) is 9.97 Å². The standard InChI is InChI=1S/C10H11N3.C2H6/c1-7-3-4-9-8(5-7)10(11-2)13-6-12-9;1-2/h3-6H,1-2H3,(H,11,12,13);1-2H3. The van der Waals surface area contributed by atoms with Gasteiger partial charge in [0.2, 0.25) is 0 Å². The molecule has 0 radical (unpaired) electrons. The molecule has 1 N–H and O–H groups in total. The monoisotopic (exact) mass is 203 g/mol. The van der Waals surface area contributed by atoms with Gasteiger partial charge in [-0.05, 0) is 19.1 Å². The molecule has 0 spiro atoms. The molecule has 0 aliphatic carbocycles. The van der Waals surface area contributed by atoms with Gasteiger partial charge >= 0.3 is 0 Å². The number of nitrogens with zero attached hydrogens (tertiary/aromatic N) is 2. The lowest BCUT2D eigenvalue weighted by Crippen LogP contribution is -1.94. The van der Waals surface area contributed by atoms with Gasteiger partial charge in [-0.15, -0.1) is 0 Å². The van der Waals surface area contributed by atoms with E-state index in [9.17, 15) is 0 Å². The molecule has 1 heterocycles. The Morgan fingerprint density at radius 1 is 1.13 bits per heavy atom. The molecule has 2 rings (SSSR count). The molecule has 80 valence electrons. The second kappa shape index (κ2) is 5.29. The fraction of sp³-hybridized carbons (Fsp3) is 0.333. The predicted molar refractivity (Wildman–Crippen MR) is 65.2 cm³/mol. The average molecular weight is 203 g/mol. The zero-order valence-electron chi connectivity index (χ0n) is 9.70. The van der Waals surface area contributed by atoms with E-state index in [0.29, 0.717) is 0 Å². The highest BCUT2D eigenvalue weighted by molar-refractivity contribution is 5.89. The largest absolute Gasteiger partial charge is 0.373 e. The zero-order chi connectivity index (χ0) is 11.3. The van der Waals surface area contributed by atoms with Crippen LogP contribution in [0.5, 0.6) is 0 Å². The van der Waals surface area contributed by atoms with Crippen molar-refractivity contribution in [1.29, 1.82) is 0 Å². The Hall–Kier alpha value is -1.64. The molecule has 0 aliphatic heterocycles. The van der Waals surface area contributed by atoms with Crippen LogP contribution in [0.3, 0.4) is 0 Å². The molecule has 0 fully saturated rings. The quantitative estimate of drug-likeness (QED) is 0.774. The van der Waals surface area contributed by atoms with Crippen LogP contribution in [0.25, 0.3) is 10.9 Å². The number of anilines is 1. The van der Waals surface area contributed by atoms with E-state index >= 15 is 0 Å². The van der Waals surface area contributed by atoms with Crippen molar-refractivity contribution in [1.82, 2.24) is 9.97 Å². The van der Waals surface area contributed by atoms with Gasteiger partial charge in [0.05, 0.1) is 5.52 Å². The Morgan fingerprint density at radius 3 is 2.53 bits per heavy atom. The Kier molecular flexibility index (Phi) is 4.03. The van der Waals surface area contributed by atoms with Gasteiger partial charge in [-0.3, -0.25) is 0 Å². The average Bonchev–Trinajstić information content (AvgIpc) is 2.31. The van der Waals surface area contributed by atoms with Crippen LogP contribution in [-0.2, 0) is 0 Å². The third kappa shape index (κ3) is 2.43. The molecule has 0 amide bonds. The minimum absolute atomic E-state index is 0.883. The van der Waals surface area contributed by atoms with Crippen molar-refractivity contribution in [3.05, 3.63) is 30.1 Å². The first-order valence-electron chi connectivity index (χ1n) is 5.20. The highest BCUT2D eigenvalue weighted by atomic mass is 15.0. The van der Waals surface area contributed by atoms with Crippen molar-refractivity contribution in [2.75, 3.05) is 12.4 Å². The van der Waals surface area contributed by atoms with E-state index in [4.69, 9.17) is 0 Å². The number of rotatable bonds is 1. The van der Waals surface area contributed by atoms with Gasteiger partial charge in [0, 0.05) is 12.4 Å². The first kappa shape index (κ1) is 11.4. The molecule has 0 atom stereocenters. The maximum absolute atomic E-state index is 4.18. The van der Waals surface area contributed by atoms with E-state index in [0.717, 1.165) is 16.7 Å². The topological polar surface area (TPSA) is 37.8 Å². The summed E-state index contributed by atoms with van der Waals surface area (Å²) in [5.41, 5.74) is 2.20. The summed E-state index contributed by atoms with van der Waals surface area (Å²) in [6.07, 6.45) is 1.57. The fourth-order valence-corrected chi connectivity index (χ4v) is 1.37. The minimum atomic E-state index is 0.883. The van der Waals surface area contributed by atoms with E-state index in [1.165, 1.54) is 5.56 Å². The van der Waals surface area contributed by atoms with Gasteiger partial charge in [0.25, 0.3) is 0 Å². The Labute approximate surface area is 90.6 Å². The summed E-state index contributed by atoms with van der Waals surface area (Å²) in [7, 11) is 1.87. The number of hydrogen-bond donors (Lipinski definition) is 1. The van der Waals surface area contributed by atoms with E-state index in [-0.39, 0.29) is 0 Å². The van der Waals surface area contributed by atoms with Crippen LogP contribution >= 0.6 is 0 Å². The Balaban J connectivity index is 0.000000531. The Morgan fingerprint density at radius 2 is 1.87 bits per heavy atom. The van der Waals surface area contributed by atoms with Crippen molar-refractivity contribution in [3.8, 4) is 0 Å². The van der Waals surface area contributed by atoms with Crippen LogP contribution in [0, 0.1) is 6.92 Å². The number of benzene rings is 1. The number of hydrogen-bond acceptors (Lipinski definition) is 3. The van der Waals surface area contributed by atoms with Crippen molar-refractivity contribution in [3.63, 3.8) is 0 Å². The number of fused-ring (bicyclic) bond motifs is 1. The van der Waals surface area contributed by atoms with E-state index < -0.39 is 0 Å². The van der Waals surface area contributed by atoms with Gasteiger partial charge in [0.15, 0.2) is 0 Å². The molecule has 0 saturated carbocycles. The minimum Gasteiger partial charge on any atom is -0.373 e. The lowest BCUT2D eigenvalue weighted by molar-refractivity contribution is 1.21. The van der Waals surface area contributed by atoms with Crippen molar-refractivity contribution < 1.29 is 0 Å². The Bertz CT molecular complexity index is 438. The fourth-order valence-electron chi connectivity index (χ4n) is 1.37. The summed E-state index contributed by atoms with van der Waals surface area (Å²) in [5, 5.41) is 4.12. The molecule has 2 aromatic rings. The van der Waals surface area contributed by atoms with Crippen molar-refractivity contribution >= 4 is 16.7 Å². The first-order valence-corrected chi connectivity index (χ1v) is 5.20. The van der Waals surface area contributed by atoms with Crippen LogP contribution in [0.2, 0.25) is 0 Å². The van der Waals surface area contributed by atoms with Gasteiger partial charge < -0.3 is 5.32 Å². The van der Waals surface area contributed by atoms with E-state index in [1.807, 2.05) is 27.0 Å². The maximum atomic E-state index is 4.18. The molecule has 1 aromatic carbocycles. The molecule has 0 bridgehead atoms. The zero-order valence-corrected chi connectivity index (χ0v) is 9.70. The van der Waals surface area contributed by atoms with Gasteiger partial charge in [-0.1, -0.05) is 25.5 Å².